The molecule has 0 amide bonds. The number of aliphatic carboxylic acids is 5. The Morgan fingerprint density at radius 3 is 1.10 bits per heavy atom. The van der Waals surface area contributed by atoms with Gasteiger partial charge < -0.3 is 56.4 Å². The summed E-state index contributed by atoms with van der Waals surface area (Å²) in [5, 5.41) is 91.6. The molecule has 0 spiro atoms. The van der Waals surface area contributed by atoms with Crippen molar-refractivity contribution in [1.82, 2.24) is 20.0 Å². The van der Waals surface area contributed by atoms with Crippen LogP contribution in [0.1, 0.15) is 0 Å². The molecule has 0 aliphatic heterocycles. The molecule has 41 heavy (non-hydrogen) atoms. The molecular weight excluding hydrogens is 705 g/mol. The molecule has 4 unspecified atom stereocenters. The molecule has 0 bridgehead atoms. The first kappa shape index (κ1) is 43.8. The molecule has 4 atom stereocenters. The van der Waals surface area contributed by atoms with Gasteiger partial charge in [-0.15, -0.1) is 0 Å². The van der Waals surface area contributed by atoms with Crippen LogP contribution in [0.15, 0.2) is 0 Å². The van der Waals surface area contributed by atoms with E-state index in [1.807, 2.05) is 0 Å². The van der Waals surface area contributed by atoms with Gasteiger partial charge in [0.05, 0.1) is 45.4 Å². The summed E-state index contributed by atoms with van der Waals surface area (Å²) < 4.78 is 0. The number of hydrogen-bond acceptors (Lipinski definition) is 14. The Kier molecular flexibility index (Phi) is 26.5. The summed E-state index contributed by atoms with van der Waals surface area (Å²) in [6, 6.07) is 0. The number of carbonyl (C=O) groups is 5. The third-order valence-electron chi connectivity index (χ3n) is 5.00. The van der Waals surface area contributed by atoms with Crippen LogP contribution in [0.25, 0.3) is 0 Å². The summed E-state index contributed by atoms with van der Waals surface area (Å²) in [6.45, 7) is -3.30. The fourth-order valence-corrected chi connectivity index (χ4v) is 3.11. The quantitative estimate of drug-likeness (QED) is 0.0491. The average molecular weight is 746 g/mol. The van der Waals surface area contributed by atoms with Crippen molar-refractivity contribution in [3.8, 4) is 0 Å². The van der Waals surface area contributed by atoms with Crippen molar-refractivity contribution < 1.29 is 115 Å². The SMILES string of the molecule is CNCC(O)C(O)C(O)C(O)CO.O=C(O)CN(CCN(CC(=O)O)CC(=O)O)CCN(CC(=O)O)CC(=O)O.[Gd]. The number of carboxylic acids is 5. The van der Waals surface area contributed by atoms with Crippen LogP contribution in [-0.2, 0) is 24.0 Å². The predicted molar refractivity (Wildman–Crippen MR) is 133 cm³/mol. The van der Waals surface area contributed by atoms with E-state index in [-0.39, 0.29) is 72.7 Å². The molecule has 0 fully saturated rings. The normalized spacial score (nSPS) is 13.9. The summed E-state index contributed by atoms with van der Waals surface area (Å²) in [4.78, 5) is 57.6. The number of carboxylic acid groups (broad SMARTS) is 5. The Morgan fingerprint density at radius 2 is 0.829 bits per heavy atom. The van der Waals surface area contributed by atoms with Gasteiger partial charge in [-0.2, -0.15) is 0 Å². The first-order valence-electron chi connectivity index (χ1n) is 11.8. The largest absolute Gasteiger partial charge is 0.480 e. The molecule has 0 aromatic heterocycles. The Balaban J connectivity index is -0.000000869. The maximum Gasteiger partial charge on any atom is 0.317 e. The summed E-state index contributed by atoms with van der Waals surface area (Å²) in [6.07, 6.45) is -5.65. The van der Waals surface area contributed by atoms with E-state index >= 15 is 0 Å². The van der Waals surface area contributed by atoms with Crippen molar-refractivity contribution in [3.05, 3.63) is 0 Å². The second-order valence-corrected chi connectivity index (χ2v) is 8.52. The number of aliphatic hydroxyl groups is 5. The van der Waals surface area contributed by atoms with Crippen molar-refractivity contribution in [2.24, 2.45) is 0 Å². The van der Waals surface area contributed by atoms with E-state index in [2.05, 4.69) is 5.32 Å². The summed E-state index contributed by atoms with van der Waals surface area (Å²) in [7, 11) is 1.57. The zero-order chi connectivity index (χ0) is 31.4. The van der Waals surface area contributed by atoms with Crippen molar-refractivity contribution in [1.29, 1.82) is 0 Å². The van der Waals surface area contributed by atoms with Gasteiger partial charge in [0.25, 0.3) is 0 Å². The average Bonchev–Trinajstić information content (AvgIpc) is 2.82. The molecule has 242 valence electrons. The number of nitrogens with one attached hydrogen (secondary N) is 1. The molecule has 0 aliphatic carbocycles. The molecular formula is C21H40GdN4O15. The van der Waals surface area contributed by atoms with Crippen LogP contribution in [-0.4, -0.2) is 199 Å². The van der Waals surface area contributed by atoms with E-state index in [4.69, 9.17) is 46.0 Å². The Morgan fingerprint density at radius 1 is 0.561 bits per heavy atom. The van der Waals surface area contributed by atoms with Gasteiger partial charge in [0.1, 0.15) is 18.3 Å². The number of hydrogen-bond donors (Lipinski definition) is 11. The van der Waals surface area contributed by atoms with Gasteiger partial charge in [-0.05, 0) is 7.05 Å². The predicted octanol–water partition coefficient (Wildman–Crippen LogP) is -6.04. The fraction of sp³-hybridized carbons (Fsp3) is 0.762. The monoisotopic (exact) mass is 746 g/mol. The van der Waals surface area contributed by atoms with Crippen LogP contribution in [0.3, 0.4) is 0 Å². The first-order valence-corrected chi connectivity index (χ1v) is 11.8. The molecule has 19 nitrogen and oxygen atoms in total. The van der Waals surface area contributed by atoms with E-state index < -0.39 is 93.6 Å². The van der Waals surface area contributed by atoms with Crippen LogP contribution in [0.4, 0.5) is 0 Å². The maximum absolute atomic E-state index is 11.0. The number of aliphatic hydroxyl groups excluding tert-OH is 5. The van der Waals surface area contributed by atoms with Crippen LogP contribution < -0.4 is 5.32 Å². The Labute approximate surface area is 267 Å². The van der Waals surface area contributed by atoms with E-state index in [1.165, 1.54) is 4.90 Å². The van der Waals surface area contributed by atoms with Crippen molar-refractivity contribution >= 4 is 29.8 Å². The molecule has 0 aliphatic rings. The molecule has 0 heterocycles. The minimum Gasteiger partial charge on any atom is -0.480 e. The van der Waals surface area contributed by atoms with Crippen LogP contribution in [0.5, 0.6) is 0 Å². The molecule has 0 radical (unpaired) electrons. The van der Waals surface area contributed by atoms with Gasteiger partial charge in [0.2, 0.25) is 0 Å². The second kappa shape index (κ2) is 24.9. The van der Waals surface area contributed by atoms with Crippen molar-refractivity contribution in [2.75, 3.05) is 79.1 Å². The van der Waals surface area contributed by atoms with Gasteiger partial charge in [-0.25, -0.2) is 0 Å². The van der Waals surface area contributed by atoms with E-state index in [0.29, 0.717) is 0 Å². The molecule has 11 N–H and O–H groups in total. The Hall–Kier alpha value is -1.69. The molecule has 0 aromatic rings. The van der Waals surface area contributed by atoms with Gasteiger partial charge >= 0.3 is 29.8 Å². The molecule has 20 heteroatoms. The van der Waals surface area contributed by atoms with Crippen LogP contribution in [0.2, 0.25) is 0 Å². The number of likely N-dealkylation sites (N-methyl/N-ethyl adjacent to an activating group) is 1. The van der Waals surface area contributed by atoms with Crippen molar-refractivity contribution in [2.45, 2.75) is 24.4 Å². The van der Waals surface area contributed by atoms with E-state index in [0.717, 1.165) is 9.80 Å². The standard InChI is InChI=1S/C14H23N3O10.C7H17NO5.Gd/c18-10(19)5-15(1-3-16(6-11(20)21)7-12(22)23)2-4-17(8-13(24)25)9-14(26)27;1-8-2-4(10)6(12)7(13)5(11)3-9;/h1-9H2,(H,18,19)(H,20,21)(H,22,23)(H,24,25)(H,26,27);4-13H,2-3H2,1H3;. The van der Waals surface area contributed by atoms with Crippen molar-refractivity contribution in [3.63, 3.8) is 0 Å². The van der Waals surface area contributed by atoms with E-state index in [1.54, 1.807) is 7.05 Å². The topological polar surface area (TPSA) is 309 Å². The van der Waals surface area contributed by atoms with Gasteiger partial charge in [0, 0.05) is 72.7 Å². The van der Waals surface area contributed by atoms with E-state index in [9.17, 15) is 29.1 Å². The fourth-order valence-electron chi connectivity index (χ4n) is 3.11. The molecule has 0 saturated carbocycles. The molecule has 0 rings (SSSR count). The number of rotatable bonds is 22. The van der Waals surface area contributed by atoms with Gasteiger partial charge in [0.15, 0.2) is 0 Å². The van der Waals surface area contributed by atoms with Crippen LogP contribution >= 0.6 is 0 Å². The van der Waals surface area contributed by atoms with Gasteiger partial charge in [-0.1, -0.05) is 0 Å². The summed E-state index contributed by atoms with van der Waals surface area (Å²) in [5.74, 6) is -6.16. The molecule has 0 aromatic carbocycles. The zero-order valence-corrected chi connectivity index (χ0v) is 24.6. The third-order valence-corrected chi connectivity index (χ3v) is 5.00. The first-order chi connectivity index (χ1) is 18.5. The summed E-state index contributed by atoms with van der Waals surface area (Å²) >= 11 is 0. The maximum atomic E-state index is 11.0. The molecule has 0 saturated heterocycles. The van der Waals surface area contributed by atoms with Crippen LogP contribution in [0, 0.1) is 39.9 Å². The minimum atomic E-state index is -1.55. The summed E-state index contributed by atoms with van der Waals surface area (Å²) in [5.41, 5.74) is 0. The zero-order valence-electron chi connectivity index (χ0n) is 22.3. The second-order valence-electron chi connectivity index (χ2n) is 8.52. The van der Waals surface area contributed by atoms with Gasteiger partial charge in [-0.3, -0.25) is 38.7 Å². The third kappa shape index (κ3) is 24.6. The Bertz CT molecular complexity index is 722. The minimum absolute atomic E-state index is 0. The smallest absolute Gasteiger partial charge is 0.317 e. The number of nitrogens with zero attached hydrogens (tertiary/aromatic N) is 3.